The van der Waals surface area contributed by atoms with E-state index in [0.717, 1.165) is 11.8 Å². The second-order valence-corrected chi connectivity index (χ2v) is 11.0. The van der Waals surface area contributed by atoms with Crippen molar-refractivity contribution in [1.82, 2.24) is 10.2 Å². The minimum absolute atomic E-state index is 0.00928. The maximum atomic E-state index is 13.6. The molecule has 0 fully saturated rings. The largest absolute Gasteiger partial charge is 0.495 e. The number of carbonyl (C=O) groups is 2. The van der Waals surface area contributed by atoms with Gasteiger partial charge in [-0.1, -0.05) is 54.6 Å². The molecule has 0 heterocycles. The Kier molecular flexibility index (Phi) is 10.4. The van der Waals surface area contributed by atoms with Crippen molar-refractivity contribution >= 4 is 27.5 Å². The normalized spacial score (nSPS) is 11.9. The number of rotatable bonds is 13. The van der Waals surface area contributed by atoms with Crippen molar-refractivity contribution in [3.63, 3.8) is 0 Å². The molecule has 0 aliphatic carbocycles. The first kappa shape index (κ1) is 29.6. The molecular formula is C29H34FN3O5S. The van der Waals surface area contributed by atoms with E-state index in [4.69, 9.17) is 4.74 Å². The third-order valence-electron chi connectivity index (χ3n) is 6.29. The second kappa shape index (κ2) is 13.7. The number of methoxy groups -OCH3 is 1. The molecule has 0 aliphatic heterocycles. The Bertz CT molecular complexity index is 1350. The Morgan fingerprint density at radius 1 is 0.949 bits per heavy atom. The van der Waals surface area contributed by atoms with Crippen molar-refractivity contribution in [2.45, 2.75) is 31.8 Å². The molecule has 0 radical (unpaired) electrons. The molecule has 3 aromatic carbocycles. The standard InChI is InChI=1S/C29H34FN3O5S/c1-31-29(35)26(20-22-10-5-4-6-11-22)32(21-23-15-17-24(30)18-16-23)28(34)14-9-19-33(39(3,36)37)25-12-7-8-13-27(25)38-2/h4-8,10-13,15-18,26H,9,14,19-21H2,1-3H3,(H,31,35)/t26-/m1/s1. The number of ether oxygens (including phenoxy) is 1. The molecule has 2 amide bonds. The number of amides is 2. The minimum atomic E-state index is -3.67. The topological polar surface area (TPSA) is 96.0 Å². The Morgan fingerprint density at radius 2 is 1.59 bits per heavy atom. The monoisotopic (exact) mass is 555 g/mol. The average molecular weight is 556 g/mol. The number of hydrogen-bond donors (Lipinski definition) is 1. The average Bonchev–Trinajstić information content (AvgIpc) is 2.93. The molecule has 1 N–H and O–H groups in total. The summed E-state index contributed by atoms with van der Waals surface area (Å²) in [5.74, 6) is -0.658. The van der Waals surface area contributed by atoms with E-state index in [-0.39, 0.29) is 44.2 Å². The van der Waals surface area contributed by atoms with Crippen LogP contribution in [0.2, 0.25) is 0 Å². The van der Waals surface area contributed by atoms with Crippen molar-refractivity contribution in [1.29, 1.82) is 0 Å². The van der Waals surface area contributed by atoms with Crippen LogP contribution in [-0.2, 0) is 32.6 Å². The van der Waals surface area contributed by atoms with Gasteiger partial charge in [-0.3, -0.25) is 13.9 Å². The Morgan fingerprint density at radius 3 is 2.21 bits per heavy atom. The fourth-order valence-electron chi connectivity index (χ4n) is 4.33. The Labute approximate surface area is 229 Å². The van der Waals surface area contributed by atoms with Crippen molar-refractivity contribution in [2.75, 3.05) is 31.3 Å². The quantitative estimate of drug-likeness (QED) is 0.347. The van der Waals surface area contributed by atoms with Gasteiger partial charge in [-0.15, -0.1) is 0 Å². The van der Waals surface area contributed by atoms with Gasteiger partial charge >= 0.3 is 0 Å². The summed E-state index contributed by atoms with van der Waals surface area (Å²) in [5, 5.41) is 2.65. The van der Waals surface area contributed by atoms with Gasteiger partial charge < -0.3 is 15.0 Å². The molecule has 8 nitrogen and oxygen atoms in total. The molecule has 3 aromatic rings. The van der Waals surface area contributed by atoms with Gasteiger partial charge in [0.1, 0.15) is 17.6 Å². The summed E-state index contributed by atoms with van der Waals surface area (Å²) in [4.78, 5) is 28.1. The minimum Gasteiger partial charge on any atom is -0.495 e. The first-order chi connectivity index (χ1) is 18.6. The SMILES string of the molecule is CNC(=O)[C@@H](Cc1ccccc1)N(Cc1ccc(F)cc1)C(=O)CCCN(c1ccccc1OC)S(C)(=O)=O. The predicted molar refractivity (Wildman–Crippen MR) is 149 cm³/mol. The molecule has 0 spiro atoms. The number of benzene rings is 3. The van der Waals surface area contributed by atoms with Crippen LogP contribution >= 0.6 is 0 Å². The lowest BCUT2D eigenvalue weighted by molar-refractivity contribution is -0.141. The van der Waals surface area contributed by atoms with Crippen LogP contribution in [0.4, 0.5) is 10.1 Å². The molecule has 39 heavy (non-hydrogen) atoms. The highest BCUT2D eigenvalue weighted by Crippen LogP contribution is 2.30. The number of nitrogens with zero attached hydrogens (tertiary/aromatic N) is 2. The molecule has 10 heteroatoms. The predicted octanol–water partition coefficient (Wildman–Crippen LogP) is 3.77. The van der Waals surface area contributed by atoms with Gasteiger partial charge in [-0.2, -0.15) is 0 Å². The van der Waals surface area contributed by atoms with Gasteiger partial charge in [-0.25, -0.2) is 12.8 Å². The van der Waals surface area contributed by atoms with E-state index in [1.165, 1.54) is 35.5 Å². The second-order valence-electron chi connectivity index (χ2n) is 9.08. The molecule has 208 valence electrons. The van der Waals surface area contributed by atoms with E-state index >= 15 is 0 Å². The van der Waals surface area contributed by atoms with Crippen molar-refractivity contribution in [3.05, 3.63) is 95.8 Å². The fraction of sp³-hybridized carbons (Fsp3) is 0.310. The van der Waals surface area contributed by atoms with Gasteiger partial charge in [0, 0.05) is 33.0 Å². The van der Waals surface area contributed by atoms with Gasteiger partial charge in [0.25, 0.3) is 0 Å². The maximum Gasteiger partial charge on any atom is 0.242 e. The van der Waals surface area contributed by atoms with E-state index in [9.17, 15) is 22.4 Å². The van der Waals surface area contributed by atoms with E-state index in [0.29, 0.717) is 17.0 Å². The summed E-state index contributed by atoms with van der Waals surface area (Å²) >= 11 is 0. The molecule has 0 bridgehead atoms. The highest BCUT2D eigenvalue weighted by Gasteiger charge is 2.30. The van der Waals surface area contributed by atoms with E-state index in [2.05, 4.69) is 5.32 Å². The van der Waals surface area contributed by atoms with Gasteiger partial charge in [0.2, 0.25) is 21.8 Å². The van der Waals surface area contributed by atoms with E-state index in [1.807, 2.05) is 30.3 Å². The van der Waals surface area contributed by atoms with Gasteiger partial charge in [-0.05, 0) is 41.8 Å². The van der Waals surface area contributed by atoms with Crippen molar-refractivity contribution in [3.8, 4) is 5.75 Å². The highest BCUT2D eigenvalue weighted by molar-refractivity contribution is 7.92. The van der Waals surface area contributed by atoms with Crippen molar-refractivity contribution in [2.24, 2.45) is 0 Å². The zero-order valence-corrected chi connectivity index (χ0v) is 23.2. The molecule has 1 atom stereocenters. The number of halogens is 1. The van der Waals surface area contributed by atoms with Crippen LogP contribution in [0.3, 0.4) is 0 Å². The van der Waals surface area contributed by atoms with Crippen LogP contribution in [0, 0.1) is 5.82 Å². The Hall–Kier alpha value is -3.92. The highest BCUT2D eigenvalue weighted by atomic mass is 32.2. The molecule has 0 saturated heterocycles. The maximum absolute atomic E-state index is 13.6. The van der Waals surface area contributed by atoms with E-state index < -0.39 is 21.9 Å². The number of para-hydroxylation sites is 2. The van der Waals surface area contributed by atoms with Gasteiger partial charge in [0.15, 0.2) is 0 Å². The zero-order valence-electron chi connectivity index (χ0n) is 22.3. The third-order valence-corrected chi connectivity index (χ3v) is 7.47. The summed E-state index contributed by atoms with van der Waals surface area (Å²) in [6.45, 7) is 0.130. The van der Waals surface area contributed by atoms with Crippen LogP contribution in [0.25, 0.3) is 0 Å². The third kappa shape index (κ3) is 8.28. The van der Waals surface area contributed by atoms with Crippen LogP contribution in [0.15, 0.2) is 78.9 Å². The first-order valence-corrected chi connectivity index (χ1v) is 14.4. The van der Waals surface area contributed by atoms with Crippen LogP contribution in [0.1, 0.15) is 24.0 Å². The van der Waals surface area contributed by atoms with Crippen LogP contribution < -0.4 is 14.4 Å². The molecule has 3 rings (SSSR count). The fourth-order valence-corrected chi connectivity index (χ4v) is 5.29. The number of likely N-dealkylation sites (N-methyl/N-ethyl adjacent to an activating group) is 1. The lowest BCUT2D eigenvalue weighted by Gasteiger charge is -2.31. The Balaban J connectivity index is 1.85. The molecular weight excluding hydrogens is 521 g/mol. The number of anilines is 1. The molecule has 0 aliphatic rings. The number of sulfonamides is 1. The lowest BCUT2D eigenvalue weighted by Crippen LogP contribution is -2.49. The zero-order chi connectivity index (χ0) is 28.4. The van der Waals surface area contributed by atoms with E-state index in [1.54, 1.807) is 36.4 Å². The summed E-state index contributed by atoms with van der Waals surface area (Å²) in [6, 6.07) is 21.1. The summed E-state index contributed by atoms with van der Waals surface area (Å²) in [5.41, 5.74) is 1.92. The summed E-state index contributed by atoms with van der Waals surface area (Å²) in [6.07, 6.45) is 1.58. The van der Waals surface area contributed by atoms with Crippen molar-refractivity contribution < 1.29 is 27.1 Å². The first-order valence-electron chi connectivity index (χ1n) is 12.5. The summed E-state index contributed by atoms with van der Waals surface area (Å²) in [7, 11) is -0.695. The molecule has 0 aromatic heterocycles. The summed E-state index contributed by atoms with van der Waals surface area (Å²) < 4.78 is 45.3. The van der Waals surface area contributed by atoms with Crippen LogP contribution in [-0.4, -0.2) is 58.1 Å². The number of carbonyl (C=O) groups excluding carboxylic acids is 2. The van der Waals surface area contributed by atoms with Crippen LogP contribution in [0.5, 0.6) is 5.75 Å². The molecule has 0 saturated carbocycles. The number of hydrogen-bond acceptors (Lipinski definition) is 5. The molecule has 0 unspecified atom stereocenters. The lowest BCUT2D eigenvalue weighted by atomic mass is 10.0. The van der Waals surface area contributed by atoms with Gasteiger partial charge in [0.05, 0.1) is 19.1 Å². The smallest absolute Gasteiger partial charge is 0.242 e. The number of nitrogens with one attached hydrogen (secondary N) is 1.